The van der Waals surface area contributed by atoms with Gasteiger partial charge in [0.2, 0.25) is 5.91 Å². The Morgan fingerprint density at radius 2 is 2.24 bits per heavy atom. The van der Waals surface area contributed by atoms with Gasteiger partial charge in [0, 0.05) is 0 Å². The molecule has 118 valence electrons. The van der Waals surface area contributed by atoms with E-state index in [1.54, 1.807) is 12.1 Å². The van der Waals surface area contributed by atoms with Crippen LogP contribution in [0.1, 0.15) is 31.4 Å². The van der Waals surface area contributed by atoms with Crippen LogP contribution in [0.15, 0.2) is 24.3 Å². The first-order valence-corrected chi connectivity index (χ1v) is 6.65. The monoisotopic (exact) mass is 320 g/mol. The van der Waals surface area contributed by atoms with Gasteiger partial charge in [0.05, 0.1) is 12.1 Å². The molecular formula is C14H19ClF2N2O2. The standard InChI is InChI=1S/C14H18F2N2O2.ClH/c1-9(18-13(19)12-6-3-7-17-12)10-4-2-5-11(8-10)20-14(15)16;/h2,4-5,8-9,12,14,17H,3,6-7H2,1H3,(H,18,19);1H/t9?,12-;/m0./s1. The van der Waals surface area contributed by atoms with E-state index in [0.717, 1.165) is 24.9 Å². The van der Waals surface area contributed by atoms with Gasteiger partial charge in [0.1, 0.15) is 5.75 Å². The minimum absolute atomic E-state index is 0. The van der Waals surface area contributed by atoms with Crippen LogP contribution in [0.5, 0.6) is 5.75 Å². The number of halogens is 3. The number of amides is 1. The molecule has 2 atom stereocenters. The predicted molar refractivity (Wildman–Crippen MR) is 77.9 cm³/mol. The van der Waals surface area contributed by atoms with Gasteiger partial charge in [0.25, 0.3) is 0 Å². The number of ether oxygens (including phenoxy) is 1. The topological polar surface area (TPSA) is 50.4 Å². The molecule has 1 amide bonds. The van der Waals surface area contributed by atoms with Gasteiger partial charge in [-0.25, -0.2) is 0 Å². The highest BCUT2D eigenvalue weighted by Crippen LogP contribution is 2.21. The van der Waals surface area contributed by atoms with Gasteiger partial charge in [-0.1, -0.05) is 12.1 Å². The van der Waals surface area contributed by atoms with Crippen molar-refractivity contribution in [3.05, 3.63) is 29.8 Å². The van der Waals surface area contributed by atoms with Crippen LogP contribution in [0.3, 0.4) is 0 Å². The quantitative estimate of drug-likeness (QED) is 0.877. The lowest BCUT2D eigenvalue weighted by Crippen LogP contribution is -2.41. The molecule has 1 unspecified atom stereocenters. The van der Waals surface area contributed by atoms with Crippen LogP contribution in [0.2, 0.25) is 0 Å². The Bertz CT molecular complexity index is 468. The van der Waals surface area contributed by atoms with E-state index in [-0.39, 0.29) is 36.1 Å². The molecular weight excluding hydrogens is 302 g/mol. The fourth-order valence-electron chi connectivity index (χ4n) is 2.27. The summed E-state index contributed by atoms with van der Waals surface area (Å²) in [6.07, 6.45) is 1.82. The molecule has 1 heterocycles. The first-order chi connectivity index (χ1) is 9.56. The normalized spacial score (nSPS) is 19.0. The first-order valence-electron chi connectivity index (χ1n) is 6.65. The van der Waals surface area contributed by atoms with Gasteiger partial charge >= 0.3 is 6.61 Å². The van der Waals surface area contributed by atoms with E-state index in [1.807, 2.05) is 6.92 Å². The Kier molecular flexibility index (Phi) is 6.84. The lowest BCUT2D eigenvalue weighted by Gasteiger charge is -2.18. The predicted octanol–water partition coefficient (Wildman–Crippen LogP) is 2.64. The molecule has 0 spiro atoms. The van der Waals surface area contributed by atoms with Crippen LogP contribution >= 0.6 is 12.4 Å². The van der Waals surface area contributed by atoms with E-state index in [1.165, 1.54) is 12.1 Å². The molecule has 21 heavy (non-hydrogen) atoms. The van der Waals surface area contributed by atoms with Crippen LogP contribution < -0.4 is 15.4 Å². The summed E-state index contributed by atoms with van der Waals surface area (Å²) in [5, 5.41) is 5.99. The van der Waals surface area contributed by atoms with E-state index in [0.29, 0.717) is 0 Å². The minimum Gasteiger partial charge on any atom is -0.435 e. The third-order valence-corrected chi connectivity index (χ3v) is 3.32. The van der Waals surface area contributed by atoms with Crippen molar-refractivity contribution >= 4 is 18.3 Å². The van der Waals surface area contributed by atoms with Crippen molar-refractivity contribution < 1.29 is 18.3 Å². The first kappa shape index (κ1) is 17.7. The summed E-state index contributed by atoms with van der Waals surface area (Å²) in [6.45, 7) is -0.184. The average molecular weight is 321 g/mol. The van der Waals surface area contributed by atoms with Crippen molar-refractivity contribution in [2.75, 3.05) is 6.54 Å². The lowest BCUT2D eigenvalue weighted by molar-refractivity contribution is -0.123. The number of benzene rings is 1. The molecule has 2 rings (SSSR count). The zero-order chi connectivity index (χ0) is 14.5. The van der Waals surface area contributed by atoms with Crippen LogP contribution in [0, 0.1) is 0 Å². The second-order valence-electron chi connectivity index (χ2n) is 4.83. The van der Waals surface area contributed by atoms with Crippen molar-refractivity contribution in [1.82, 2.24) is 10.6 Å². The number of alkyl halides is 2. The van der Waals surface area contributed by atoms with Crippen LogP contribution in [0.4, 0.5) is 8.78 Å². The summed E-state index contributed by atoms with van der Waals surface area (Å²) < 4.78 is 28.7. The van der Waals surface area contributed by atoms with Crippen molar-refractivity contribution in [3.63, 3.8) is 0 Å². The average Bonchev–Trinajstić information content (AvgIpc) is 2.92. The maximum Gasteiger partial charge on any atom is 0.387 e. The van der Waals surface area contributed by atoms with E-state index >= 15 is 0 Å². The van der Waals surface area contributed by atoms with Crippen molar-refractivity contribution in [2.45, 2.75) is 38.5 Å². The second kappa shape index (κ2) is 8.14. The third kappa shape index (κ3) is 5.13. The lowest BCUT2D eigenvalue weighted by atomic mass is 10.1. The smallest absolute Gasteiger partial charge is 0.387 e. The van der Waals surface area contributed by atoms with Crippen LogP contribution in [0.25, 0.3) is 0 Å². The number of rotatable bonds is 5. The summed E-state index contributed by atoms with van der Waals surface area (Å²) in [6, 6.07) is 5.96. The zero-order valence-corrected chi connectivity index (χ0v) is 12.5. The van der Waals surface area contributed by atoms with Gasteiger partial charge in [-0.15, -0.1) is 12.4 Å². The number of carbonyl (C=O) groups is 1. The molecule has 1 aromatic carbocycles. The van der Waals surface area contributed by atoms with Gasteiger partial charge in [0.15, 0.2) is 0 Å². The van der Waals surface area contributed by atoms with Gasteiger partial charge in [-0.3, -0.25) is 4.79 Å². The molecule has 0 aromatic heterocycles. The highest BCUT2D eigenvalue weighted by Gasteiger charge is 2.23. The molecule has 1 aliphatic rings. The van der Waals surface area contributed by atoms with E-state index < -0.39 is 6.61 Å². The van der Waals surface area contributed by atoms with Crippen molar-refractivity contribution in [1.29, 1.82) is 0 Å². The van der Waals surface area contributed by atoms with Gasteiger partial charge in [-0.05, 0) is 44.0 Å². The van der Waals surface area contributed by atoms with Gasteiger partial charge in [-0.2, -0.15) is 8.78 Å². The molecule has 1 aromatic rings. The molecule has 2 N–H and O–H groups in total. The van der Waals surface area contributed by atoms with Crippen LogP contribution in [-0.2, 0) is 4.79 Å². The molecule has 1 fully saturated rings. The molecule has 1 aliphatic heterocycles. The Balaban J connectivity index is 0.00000220. The zero-order valence-electron chi connectivity index (χ0n) is 11.6. The SMILES string of the molecule is CC(NC(=O)[C@@H]1CCCN1)c1cccc(OC(F)F)c1.Cl. The van der Waals surface area contributed by atoms with E-state index in [4.69, 9.17) is 0 Å². The Morgan fingerprint density at radius 3 is 2.86 bits per heavy atom. The third-order valence-electron chi connectivity index (χ3n) is 3.32. The van der Waals surface area contributed by atoms with Crippen molar-refractivity contribution in [2.24, 2.45) is 0 Å². The molecule has 0 bridgehead atoms. The molecule has 0 saturated carbocycles. The number of hydrogen-bond donors (Lipinski definition) is 2. The highest BCUT2D eigenvalue weighted by molar-refractivity contribution is 5.85. The van der Waals surface area contributed by atoms with Crippen molar-refractivity contribution in [3.8, 4) is 5.75 Å². The Morgan fingerprint density at radius 1 is 1.48 bits per heavy atom. The summed E-state index contributed by atoms with van der Waals surface area (Å²) >= 11 is 0. The Labute approximate surface area is 128 Å². The summed E-state index contributed by atoms with van der Waals surface area (Å²) in [7, 11) is 0. The Hall–Kier alpha value is -1.40. The van der Waals surface area contributed by atoms with E-state index in [2.05, 4.69) is 15.4 Å². The second-order valence-corrected chi connectivity index (χ2v) is 4.83. The number of hydrogen-bond acceptors (Lipinski definition) is 3. The summed E-state index contributed by atoms with van der Waals surface area (Å²) in [5.41, 5.74) is 0.731. The molecule has 4 nitrogen and oxygen atoms in total. The maximum absolute atomic E-state index is 12.2. The molecule has 1 saturated heterocycles. The van der Waals surface area contributed by atoms with Crippen LogP contribution in [-0.4, -0.2) is 25.1 Å². The fraction of sp³-hybridized carbons (Fsp3) is 0.500. The van der Waals surface area contributed by atoms with Gasteiger partial charge < -0.3 is 15.4 Å². The summed E-state index contributed by atoms with van der Waals surface area (Å²) in [4.78, 5) is 12.0. The maximum atomic E-state index is 12.2. The van der Waals surface area contributed by atoms with E-state index in [9.17, 15) is 13.6 Å². The fourth-order valence-corrected chi connectivity index (χ4v) is 2.27. The number of carbonyl (C=O) groups excluding carboxylic acids is 1. The molecule has 7 heteroatoms. The largest absolute Gasteiger partial charge is 0.435 e. The minimum atomic E-state index is -2.85. The number of nitrogens with one attached hydrogen (secondary N) is 2. The highest BCUT2D eigenvalue weighted by atomic mass is 35.5. The summed E-state index contributed by atoms with van der Waals surface area (Å²) in [5.74, 6) is 0.0350. The molecule has 0 radical (unpaired) electrons. The molecule has 0 aliphatic carbocycles.